The third-order valence-corrected chi connectivity index (χ3v) is 3.01. The Hall–Kier alpha value is -1.51. The molecule has 0 saturated carbocycles. The Morgan fingerprint density at radius 1 is 1.19 bits per heavy atom. The summed E-state index contributed by atoms with van der Waals surface area (Å²) in [4.78, 5) is 11.9. The van der Waals surface area contributed by atoms with Crippen LogP contribution in [0.1, 0.15) is 42.6 Å². The molecule has 86 valence electrons. The van der Waals surface area contributed by atoms with Crippen LogP contribution in [0.15, 0.2) is 18.2 Å². The minimum atomic E-state index is -0.778. The van der Waals surface area contributed by atoms with Crippen molar-refractivity contribution in [3.8, 4) is 5.75 Å². The molecular formula is C13H16O3. The van der Waals surface area contributed by atoms with Crippen molar-refractivity contribution in [1.82, 2.24) is 0 Å². The summed E-state index contributed by atoms with van der Waals surface area (Å²) in [5.74, 6) is -0.432. The molecule has 3 nitrogen and oxygen atoms in total. The van der Waals surface area contributed by atoms with Crippen molar-refractivity contribution >= 4 is 5.97 Å². The summed E-state index contributed by atoms with van der Waals surface area (Å²) < 4.78 is 11.2. The van der Waals surface area contributed by atoms with E-state index >= 15 is 0 Å². The first kappa shape index (κ1) is 11.0. The van der Waals surface area contributed by atoms with Crippen molar-refractivity contribution in [3.05, 3.63) is 29.3 Å². The zero-order chi connectivity index (χ0) is 11.8. The Kier molecular flexibility index (Phi) is 2.62. The fourth-order valence-corrected chi connectivity index (χ4v) is 1.88. The third-order valence-electron chi connectivity index (χ3n) is 3.01. The second kappa shape index (κ2) is 3.81. The number of cyclic esters (lactones) is 1. The second-order valence-electron chi connectivity index (χ2n) is 4.11. The van der Waals surface area contributed by atoms with Crippen molar-refractivity contribution in [1.29, 1.82) is 0 Å². The molecule has 1 aromatic rings. The molecule has 0 N–H and O–H groups in total. The quantitative estimate of drug-likeness (QED) is 0.718. The van der Waals surface area contributed by atoms with Crippen LogP contribution in [0.3, 0.4) is 0 Å². The van der Waals surface area contributed by atoms with Crippen LogP contribution in [-0.2, 0) is 4.74 Å². The van der Waals surface area contributed by atoms with Crippen LogP contribution in [0, 0.1) is 6.92 Å². The van der Waals surface area contributed by atoms with E-state index in [9.17, 15) is 4.79 Å². The fraction of sp³-hybridized carbons (Fsp3) is 0.462. The molecule has 1 heterocycles. The van der Waals surface area contributed by atoms with E-state index in [-0.39, 0.29) is 5.97 Å². The van der Waals surface area contributed by atoms with Gasteiger partial charge in [0.15, 0.2) is 0 Å². The highest BCUT2D eigenvalue weighted by atomic mass is 16.7. The normalized spacial score (nSPS) is 17.3. The number of hydrogen-bond acceptors (Lipinski definition) is 3. The van der Waals surface area contributed by atoms with Crippen LogP contribution < -0.4 is 4.74 Å². The number of benzene rings is 1. The largest absolute Gasteiger partial charge is 0.451 e. The SMILES string of the molecule is CCC1(CC)OC(=O)c2cc(C)ccc2O1. The van der Waals surface area contributed by atoms with E-state index in [1.165, 1.54) is 0 Å². The van der Waals surface area contributed by atoms with Gasteiger partial charge in [0.25, 0.3) is 5.79 Å². The van der Waals surface area contributed by atoms with Crippen molar-refractivity contribution in [2.45, 2.75) is 39.4 Å². The zero-order valence-electron chi connectivity index (χ0n) is 9.87. The maximum Gasteiger partial charge on any atom is 0.345 e. The van der Waals surface area contributed by atoms with E-state index in [0.717, 1.165) is 5.56 Å². The first-order valence-corrected chi connectivity index (χ1v) is 5.63. The lowest BCUT2D eigenvalue weighted by Gasteiger charge is -2.36. The lowest BCUT2D eigenvalue weighted by atomic mass is 10.1. The molecule has 0 fully saturated rings. The molecule has 1 aliphatic heterocycles. The standard InChI is InChI=1S/C13H16O3/c1-4-13(5-2)15-11-7-6-9(3)8-10(11)12(14)16-13/h6-8H,4-5H2,1-3H3. The third kappa shape index (κ3) is 1.66. The van der Waals surface area contributed by atoms with E-state index in [1.807, 2.05) is 32.9 Å². The fourth-order valence-electron chi connectivity index (χ4n) is 1.88. The number of ether oxygens (including phenoxy) is 2. The summed E-state index contributed by atoms with van der Waals surface area (Å²) >= 11 is 0. The molecule has 0 atom stereocenters. The van der Waals surface area contributed by atoms with Gasteiger partial charge in [-0.15, -0.1) is 0 Å². The van der Waals surface area contributed by atoms with Crippen molar-refractivity contribution in [3.63, 3.8) is 0 Å². The molecule has 0 saturated heterocycles. The van der Waals surface area contributed by atoms with E-state index in [2.05, 4.69) is 0 Å². The Morgan fingerprint density at radius 2 is 1.88 bits per heavy atom. The Balaban J connectivity index is 2.44. The topological polar surface area (TPSA) is 35.5 Å². The molecule has 0 radical (unpaired) electrons. The average molecular weight is 220 g/mol. The predicted molar refractivity (Wildman–Crippen MR) is 60.5 cm³/mol. The molecular weight excluding hydrogens is 204 g/mol. The molecule has 0 aromatic heterocycles. The van der Waals surface area contributed by atoms with Crippen LogP contribution in [-0.4, -0.2) is 11.8 Å². The van der Waals surface area contributed by atoms with Crippen LogP contribution >= 0.6 is 0 Å². The molecule has 1 aliphatic rings. The Bertz CT molecular complexity index is 419. The van der Waals surface area contributed by atoms with Gasteiger partial charge in [0.1, 0.15) is 11.3 Å². The molecule has 1 aromatic carbocycles. The van der Waals surface area contributed by atoms with Crippen molar-refractivity contribution < 1.29 is 14.3 Å². The van der Waals surface area contributed by atoms with Crippen LogP contribution in [0.25, 0.3) is 0 Å². The van der Waals surface area contributed by atoms with Crippen molar-refractivity contribution in [2.24, 2.45) is 0 Å². The lowest BCUT2D eigenvalue weighted by molar-refractivity contribution is -0.158. The number of carbonyl (C=O) groups is 1. The number of fused-ring (bicyclic) bond motifs is 1. The van der Waals surface area contributed by atoms with E-state index in [4.69, 9.17) is 9.47 Å². The van der Waals surface area contributed by atoms with E-state index in [0.29, 0.717) is 24.2 Å². The smallest absolute Gasteiger partial charge is 0.345 e. The first-order chi connectivity index (χ1) is 7.60. The minimum absolute atomic E-state index is 0.284. The van der Waals surface area contributed by atoms with Gasteiger partial charge in [0.2, 0.25) is 0 Å². The number of hydrogen-bond donors (Lipinski definition) is 0. The van der Waals surface area contributed by atoms with Crippen LogP contribution in [0.2, 0.25) is 0 Å². The molecule has 0 amide bonds. The van der Waals surface area contributed by atoms with Gasteiger partial charge in [-0.25, -0.2) is 4.79 Å². The average Bonchev–Trinajstić information content (AvgIpc) is 2.30. The lowest BCUT2D eigenvalue weighted by Crippen LogP contribution is -2.43. The van der Waals surface area contributed by atoms with Crippen molar-refractivity contribution in [2.75, 3.05) is 0 Å². The zero-order valence-corrected chi connectivity index (χ0v) is 9.87. The molecule has 2 rings (SSSR count). The number of esters is 1. The molecule has 0 spiro atoms. The summed E-state index contributed by atoms with van der Waals surface area (Å²) in [6, 6.07) is 5.57. The number of carbonyl (C=O) groups excluding carboxylic acids is 1. The van der Waals surface area contributed by atoms with Gasteiger partial charge in [-0.1, -0.05) is 25.5 Å². The maximum atomic E-state index is 11.9. The van der Waals surface area contributed by atoms with Gasteiger partial charge in [-0.2, -0.15) is 0 Å². The van der Waals surface area contributed by atoms with Gasteiger partial charge in [-0.3, -0.25) is 0 Å². The summed E-state index contributed by atoms with van der Waals surface area (Å²) in [5.41, 5.74) is 1.55. The maximum absolute atomic E-state index is 11.9. The monoisotopic (exact) mass is 220 g/mol. The van der Waals surface area contributed by atoms with Crippen LogP contribution in [0.4, 0.5) is 0 Å². The Labute approximate surface area is 95.4 Å². The molecule has 16 heavy (non-hydrogen) atoms. The summed E-state index contributed by atoms with van der Waals surface area (Å²) in [6.07, 6.45) is 1.31. The van der Waals surface area contributed by atoms with Gasteiger partial charge in [-0.05, 0) is 19.1 Å². The summed E-state index contributed by atoms with van der Waals surface area (Å²) in [5, 5.41) is 0. The highest BCUT2D eigenvalue weighted by Crippen LogP contribution is 2.35. The Morgan fingerprint density at radius 3 is 2.50 bits per heavy atom. The van der Waals surface area contributed by atoms with Gasteiger partial charge in [0.05, 0.1) is 0 Å². The molecule has 3 heteroatoms. The summed E-state index contributed by atoms with van der Waals surface area (Å²) in [6.45, 7) is 5.85. The number of aryl methyl sites for hydroxylation is 1. The predicted octanol–water partition coefficient (Wildman–Crippen LogP) is 3.06. The highest BCUT2D eigenvalue weighted by molar-refractivity contribution is 5.93. The van der Waals surface area contributed by atoms with Gasteiger partial charge >= 0.3 is 5.97 Å². The second-order valence-corrected chi connectivity index (χ2v) is 4.11. The van der Waals surface area contributed by atoms with Crippen LogP contribution in [0.5, 0.6) is 5.75 Å². The molecule has 0 unspecified atom stereocenters. The van der Waals surface area contributed by atoms with Gasteiger partial charge < -0.3 is 9.47 Å². The molecule has 0 aliphatic carbocycles. The van der Waals surface area contributed by atoms with E-state index < -0.39 is 5.79 Å². The van der Waals surface area contributed by atoms with E-state index in [1.54, 1.807) is 6.07 Å². The highest BCUT2D eigenvalue weighted by Gasteiger charge is 2.39. The molecule has 0 bridgehead atoms. The summed E-state index contributed by atoms with van der Waals surface area (Å²) in [7, 11) is 0. The minimum Gasteiger partial charge on any atom is -0.451 e. The van der Waals surface area contributed by atoms with Gasteiger partial charge in [0, 0.05) is 12.8 Å². The first-order valence-electron chi connectivity index (χ1n) is 5.63. The number of rotatable bonds is 2.